The van der Waals surface area contributed by atoms with Crippen molar-refractivity contribution < 1.29 is 4.52 Å². The number of rotatable bonds is 3. The fraction of sp³-hybridized carbons (Fsp3) is 0.231. The van der Waals surface area contributed by atoms with Crippen LogP contribution in [0.4, 0.5) is 5.82 Å². The van der Waals surface area contributed by atoms with Crippen LogP contribution in [-0.4, -0.2) is 20.3 Å². The SMILES string of the molecule is Cc1nc(CNc2nnc(C)c3ccccc23)no1. The molecule has 0 unspecified atom stereocenters. The number of fused-ring (bicyclic) bond motifs is 1. The van der Waals surface area contributed by atoms with Crippen LogP contribution in [0.15, 0.2) is 28.8 Å². The number of anilines is 1. The quantitative estimate of drug-likeness (QED) is 0.773. The molecule has 0 atom stereocenters. The lowest BCUT2D eigenvalue weighted by molar-refractivity contribution is 0.388. The summed E-state index contributed by atoms with van der Waals surface area (Å²) in [6.45, 7) is 4.16. The highest BCUT2D eigenvalue weighted by molar-refractivity contribution is 5.92. The molecule has 0 radical (unpaired) electrons. The molecule has 0 saturated carbocycles. The van der Waals surface area contributed by atoms with E-state index in [-0.39, 0.29) is 0 Å². The molecule has 0 spiro atoms. The van der Waals surface area contributed by atoms with Crippen LogP contribution in [0.5, 0.6) is 0 Å². The molecule has 19 heavy (non-hydrogen) atoms. The molecule has 0 aliphatic rings. The normalized spacial score (nSPS) is 10.8. The lowest BCUT2D eigenvalue weighted by Gasteiger charge is -2.07. The predicted molar refractivity (Wildman–Crippen MR) is 70.6 cm³/mol. The maximum Gasteiger partial charge on any atom is 0.223 e. The highest BCUT2D eigenvalue weighted by atomic mass is 16.5. The Bertz CT molecular complexity index is 722. The fourth-order valence-electron chi connectivity index (χ4n) is 1.94. The van der Waals surface area contributed by atoms with Crippen molar-refractivity contribution in [2.75, 3.05) is 5.32 Å². The van der Waals surface area contributed by atoms with Crippen LogP contribution in [0.3, 0.4) is 0 Å². The van der Waals surface area contributed by atoms with Crippen LogP contribution in [-0.2, 0) is 6.54 Å². The van der Waals surface area contributed by atoms with E-state index in [2.05, 4.69) is 25.7 Å². The second-order valence-corrected chi connectivity index (χ2v) is 4.26. The van der Waals surface area contributed by atoms with Gasteiger partial charge >= 0.3 is 0 Å². The third kappa shape index (κ3) is 2.24. The van der Waals surface area contributed by atoms with E-state index >= 15 is 0 Å². The molecule has 0 fully saturated rings. The topological polar surface area (TPSA) is 76.7 Å². The van der Waals surface area contributed by atoms with Gasteiger partial charge in [0.2, 0.25) is 5.89 Å². The molecule has 1 aromatic carbocycles. The van der Waals surface area contributed by atoms with Gasteiger partial charge in [0.1, 0.15) is 0 Å². The first-order chi connectivity index (χ1) is 9.24. The van der Waals surface area contributed by atoms with Gasteiger partial charge < -0.3 is 9.84 Å². The number of aromatic nitrogens is 4. The van der Waals surface area contributed by atoms with Gasteiger partial charge in [0.05, 0.1) is 12.2 Å². The summed E-state index contributed by atoms with van der Waals surface area (Å²) in [5.41, 5.74) is 0.913. The summed E-state index contributed by atoms with van der Waals surface area (Å²) in [5, 5.41) is 17.5. The summed E-state index contributed by atoms with van der Waals surface area (Å²) in [7, 11) is 0. The van der Waals surface area contributed by atoms with Crippen LogP contribution in [0, 0.1) is 13.8 Å². The van der Waals surface area contributed by atoms with Gasteiger partial charge in [-0.1, -0.05) is 29.4 Å². The average Bonchev–Trinajstić information content (AvgIpc) is 2.84. The van der Waals surface area contributed by atoms with Crippen molar-refractivity contribution in [1.29, 1.82) is 0 Å². The zero-order valence-electron chi connectivity index (χ0n) is 10.7. The largest absolute Gasteiger partial charge is 0.361 e. The minimum Gasteiger partial charge on any atom is -0.361 e. The van der Waals surface area contributed by atoms with Crippen molar-refractivity contribution in [3.05, 3.63) is 41.7 Å². The molecule has 1 N–H and O–H groups in total. The Hall–Kier alpha value is -2.50. The first-order valence-electron chi connectivity index (χ1n) is 5.99. The summed E-state index contributed by atoms with van der Waals surface area (Å²) in [5.74, 6) is 1.88. The van der Waals surface area contributed by atoms with Crippen molar-refractivity contribution >= 4 is 16.6 Å². The Morgan fingerprint density at radius 1 is 1.11 bits per heavy atom. The standard InChI is InChI=1S/C13H13N5O/c1-8-10-5-3-4-6-11(10)13(17-16-8)14-7-12-15-9(2)19-18-12/h3-6H,7H2,1-2H3,(H,14,17). The molecule has 0 bridgehead atoms. The Morgan fingerprint density at radius 3 is 2.63 bits per heavy atom. The predicted octanol–water partition coefficient (Wildman–Crippen LogP) is 2.24. The molecule has 2 aromatic heterocycles. The Labute approximate surface area is 109 Å². The van der Waals surface area contributed by atoms with Crippen molar-refractivity contribution in [3.63, 3.8) is 0 Å². The summed E-state index contributed by atoms with van der Waals surface area (Å²) >= 11 is 0. The lowest BCUT2D eigenvalue weighted by atomic mass is 10.1. The number of hydrogen-bond donors (Lipinski definition) is 1. The molecular formula is C13H13N5O. The van der Waals surface area contributed by atoms with E-state index in [1.54, 1.807) is 6.92 Å². The first kappa shape index (κ1) is 11.6. The molecule has 3 aromatic rings. The number of benzene rings is 1. The van der Waals surface area contributed by atoms with E-state index in [4.69, 9.17) is 4.52 Å². The first-order valence-corrected chi connectivity index (χ1v) is 5.99. The second-order valence-electron chi connectivity index (χ2n) is 4.26. The molecule has 3 rings (SSSR count). The third-order valence-corrected chi connectivity index (χ3v) is 2.86. The molecule has 0 amide bonds. The number of nitrogens with one attached hydrogen (secondary N) is 1. The minimum absolute atomic E-state index is 0.457. The van der Waals surface area contributed by atoms with Gasteiger partial charge in [-0.3, -0.25) is 0 Å². The highest BCUT2D eigenvalue weighted by Gasteiger charge is 2.07. The van der Waals surface area contributed by atoms with Crippen molar-refractivity contribution in [3.8, 4) is 0 Å². The van der Waals surface area contributed by atoms with Gasteiger partial charge in [-0.15, -0.1) is 5.10 Å². The molecule has 96 valence electrons. The molecule has 0 aliphatic heterocycles. The van der Waals surface area contributed by atoms with Gasteiger partial charge in [-0.2, -0.15) is 10.1 Å². The van der Waals surface area contributed by atoms with Gasteiger partial charge in [0, 0.05) is 17.7 Å². The van der Waals surface area contributed by atoms with Gasteiger partial charge in [0.15, 0.2) is 11.6 Å². The number of nitrogens with zero attached hydrogens (tertiary/aromatic N) is 4. The van der Waals surface area contributed by atoms with Crippen LogP contribution >= 0.6 is 0 Å². The Kier molecular flexibility index (Phi) is 2.83. The van der Waals surface area contributed by atoms with Crippen molar-refractivity contribution in [2.24, 2.45) is 0 Å². The number of aryl methyl sites for hydroxylation is 2. The maximum absolute atomic E-state index is 4.92. The van der Waals surface area contributed by atoms with Crippen LogP contribution in [0.2, 0.25) is 0 Å². The zero-order chi connectivity index (χ0) is 13.2. The smallest absolute Gasteiger partial charge is 0.223 e. The molecule has 6 nitrogen and oxygen atoms in total. The number of hydrogen-bond acceptors (Lipinski definition) is 6. The van der Waals surface area contributed by atoms with E-state index in [1.807, 2.05) is 31.2 Å². The maximum atomic E-state index is 4.92. The summed E-state index contributed by atoms with van der Waals surface area (Å²) in [4.78, 5) is 4.13. The van der Waals surface area contributed by atoms with Crippen molar-refractivity contribution in [2.45, 2.75) is 20.4 Å². The second kappa shape index (κ2) is 4.64. The minimum atomic E-state index is 0.457. The summed E-state index contributed by atoms with van der Waals surface area (Å²) in [6.07, 6.45) is 0. The summed E-state index contributed by atoms with van der Waals surface area (Å²) < 4.78 is 4.92. The lowest BCUT2D eigenvalue weighted by Crippen LogP contribution is -2.05. The fourth-order valence-corrected chi connectivity index (χ4v) is 1.94. The van der Waals surface area contributed by atoms with Crippen LogP contribution in [0.1, 0.15) is 17.4 Å². The molecular weight excluding hydrogens is 242 g/mol. The Balaban J connectivity index is 1.91. The Morgan fingerprint density at radius 2 is 1.89 bits per heavy atom. The monoisotopic (exact) mass is 255 g/mol. The average molecular weight is 255 g/mol. The van der Waals surface area contributed by atoms with E-state index in [0.717, 1.165) is 22.3 Å². The van der Waals surface area contributed by atoms with E-state index in [0.29, 0.717) is 18.3 Å². The van der Waals surface area contributed by atoms with Gasteiger partial charge in [0.25, 0.3) is 0 Å². The molecule has 2 heterocycles. The van der Waals surface area contributed by atoms with E-state index < -0.39 is 0 Å². The molecule has 6 heteroatoms. The molecule has 0 aliphatic carbocycles. The summed E-state index contributed by atoms with van der Waals surface area (Å²) in [6, 6.07) is 8.01. The third-order valence-electron chi connectivity index (χ3n) is 2.86. The van der Waals surface area contributed by atoms with Gasteiger partial charge in [-0.05, 0) is 6.92 Å². The molecule has 0 saturated heterocycles. The van der Waals surface area contributed by atoms with Crippen LogP contribution in [0.25, 0.3) is 10.8 Å². The van der Waals surface area contributed by atoms with Crippen LogP contribution < -0.4 is 5.32 Å². The van der Waals surface area contributed by atoms with Gasteiger partial charge in [-0.25, -0.2) is 0 Å². The zero-order valence-corrected chi connectivity index (χ0v) is 10.7. The highest BCUT2D eigenvalue weighted by Crippen LogP contribution is 2.22. The van der Waals surface area contributed by atoms with E-state index in [9.17, 15) is 0 Å². The van der Waals surface area contributed by atoms with Crippen molar-refractivity contribution in [1.82, 2.24) is 20.3 Å². The van der Waals surface area contributed by atoms with E-state index in [1.165, 1.54) is 0 Å².